The maximum Gasteiger partial charge on any atom is 0.280 e. The standard InChI is InChI=1S/C17H12ClF2N3O2/c18-12-6-10(13(19)7-14(12)20)9-3-4-25-15-2-1-8(5-11(9)15)16(24)23-17(21)22/h1-3,5-7H,4H2,(H4,21,22,23,24). The molecule has 0 unspecified atom stereocenters. The molecule has 0 aromatic heterocycles. The van der Waals surface area contributed by atoms with Crippen molar-refractivity contribution >= 4 is 29.0 Å². The van der Waals surface area contributed by atoms with Crippen LogP contribution < -0.4 is 16.2 Å². The third-order valence-electron chi connectivity index (χ3n) is 3.57. The van der Waals surface area contributed by atoms with Gasteiger partial charge in [0.05, 0.1) is 5.02 Å². The zero-order valence-electron chi connectivity index (χ0n) is 12.7. The van der Waals surface area contributed by atoms with Gasteiger partial charge in [-0.25, -0.2) is 8.78 Å². The molecule has 0 saturated carbocycles. The lowest BCUT2D eigenvalue weighted by Gasteiger charge is -2.20. The summed E-state index contributed by atoms with van der Waals surface area (Å²) >= 11 is 5.77. The molecule has 3 rings (SSSR count). The lowest BCUT2D eigenvalue weighted by molar-refractivity contribution is 0.100. The molecule has 4 N–H and O–H groups in total. The van der Waals surface area contributed by atoms with E-state index in [4.69, 9.17) is 27.8 Å². The lowest BCUT2D eigenvalue weighted by atomic mass is 9.93. The van der Waals surface area contributed by atoms with Gasteiger partial charge in [0, 0.05) is 22.8 Å². The van der Waals surface area contributed by atoms with Crippen LogP contribution in [0.2, 0.25) is 5.02 Å². The van der Waals surface area contributed by atoms with Crippen molar-refractivity contribution in [3.8, 4) is 5.75 Å². The number of hydrogen-bond acceptors (Lipinski definition) is 2. The summed E-state index contributed by atoms with van der Waals surface area (Å²) in [7, 11) is 0. The molecule has 0 saturated heterocycles. The highest BCUT2D eigenvalue weighted by Gasteiger charge is 2.21. The van der Waals surface area contributed by atoms with Crippen LogP contribution in [0.3, 0.4) is 0 Å². The molecule has 0 bridgehead atoms. The topological polar surface area (TPSA) is 90.7 Å². The maximum absolute atomic E-state index is 14.2. The number of halogens is 3. The number of guanidine groups is 1. The number of rotatable bonds is 2. The van der Waals surface area contributed by atoms with E-state index >= 15 is 0 Å². The minimum Gasteiger partial charge on any atom is -0.489 e. The van der Waals surface area contributed by atoms with Gasteiger partial charge in [-0.05, 0) is 35.9 Å². The Morgan fingerprint density at radius 3 is 2.60 bits per heavy atom. The van der Waals surface area contributed by atoms with Gasteiger partial charge in [-0.15, -0.1) is 0 Å². The number of carbonyl (C=O) groups excluding carboxylic acids is 1. The molecule has 0 spiro atoms. The zero-order chi connectivity index (χ0) is 18.1. The molecule has 0 aliphatic carbocycles. The first-order valence-corrected chi connectivity index (χ1v) is 7.51. The minimum atomic E-state index is -0.854. The van der Waals surface area contributed by atoms with E-state index in [-0.39, 0.29) is 28.7 Å². The fraction of sp³-hybridized carbons (Fsp3) is 0.0588. The van der Waals surface area contributed by atoms with Crippen LogP contribution in [0.5, 0.6) is 5.75 Å². The molecule has 8 heteroatoms. The summed E-state index contributed by atoms with van der Waals surface area (Å²) in [5, 5.41) is -0.210. The molecule has 5 nitrogen and oxygen atoms in total. The second-order valence-corrected chi connectivity index (χ2v) is 5.63. The predicted molar refractivity (Wildman–Crippen MR) is 90.5 cm³/mol. The van der Waals surface area contributed by atoms with Crippen molar-refractivity contribution in [2.75, 3.05) is 6.61 Å². The van der Waals surface area contributed by atoms with Gasteiger partial charge in [0.15, 0.2) is 5.96 Å². The van der Waals surface area contributed by atoms with Crippen LogP contribution in [0.25, 0.3) is 5.57 Å². The first-order chi connectivity index (χ1) is 11.9. The molecule has 25 heavy (non-hydrogen) atoms. The molecule has 0 atom stereocenters. The number of benzene rings is 2. The quantitative estimate of drug-likeness (QED) is 0.487. The number of hydrogen-bond donors (Lipinski definition) is 2. The summed E-state index contributed by atoms with van der Waals surface area (Å²) in [4.78, 5) is 15.5. The summed E-state index contributed by atoms with van der Waals surface area (Å²) < 4.78 is 33.1. The third kappa shape index (κ3) is 3.32. The lowest BCUT2D eigenvalue weighted by Crippen LogP contribution is -2.24. The van der Waals surface area contributed by atoms with Gasteiger partial charge in [0.1, 0.15) is 24.0 Å². The average molecular weight is 364 g/mol. The Hall–Kier alpha value is -2.93. The van der Waals surface area contributed by atoms with Crippen LogP contribution in [0.1, 0.15) is 21.5 Å². The Morgan fingerprint density at radius 2 is 1.88 bits per heavy atom. The van der Waals surface area contributed by atoms with Gasteiger partial charge in [-0.2, -0.15) is 4.99 Å². The Labute approximate surface area is 146 Å². The monoisotopic (exact) mass is 363 g/mol. The van der Waals surface area contributed by atoms with Gasteiger partial charge in [-0.3, -0.25) is 4.79 Å². The van der Waals surface area contributed by atoms with Crippen molar-refractivity contribution in [1.29, 1.82) is 0 Å². The largest absolute Gasteiger partial charge is 0.489 e. The second-order valence-electron chi connectivity index (χ2n) is 5.23. The summed E-state index contributed by atoms with van der Waals surface area (Å²) in [6, 6.07) is 6.43. The van der Waals surface area contributed by atoms with Crippen molar-refractivity contribution in [3.63, 3.8) is 0 Å². The number of fused-ring (bicyclic) bond motifs is 1. The van der Waals surface area contributed by atoms with Crippen LogP contribution in [-0.4, -0.2) is 18.5 Å². The molecular formula is C17H12ClF2N3O2. The highest BCUT2D eigenvalue weighted by atomic mass is 35.5. The average Bonchev–Trinajstić information content (AvgIpc) is 2.56. The number of nitrogens with two attached hydrogens (primary N) is 2. The van der Waals surface area contributed by atoms with Gasteiger partial charge in [0.2, 0.25) is 0 Å². The molecule has 128 valence electrons. The third-order valence-corrected chi connectivity index (χ3v) is 3.86. The van der Waals surface area contributed by atoms with E-state index in [1.807, 2.05) is 0 Å². The molecular weight excluding hydrogens is 352 g/mol. The molecule has 1 aliphatic rings. The molecule has 1 heterocycles. The molecule has 1 aliphatic heterocycles. The van der Waals surface area contributed by atoms with E-state index in [2.05, 4.69) is 4.99 Å². The molecule has 0 radical (unpaired) electrons. The summed E-state index contributed by atoms with van der Waals surface area (Å²) in [6.07, 6.45) is 1.61. The van der Waals surface area contributed by atoms with Crippen molar-refractivity contribution in [2.24, 2.45) is 16.5 Å². The summed E-state index contributed by atoms with van der Waals surface area (Å²) in [6.45, 7) is 0.192. The summed E-state index contributed by atoms with van der Waals surface area (Å²) in [5.74, 6) is -2.20. The number of amides is 1. The van der Waals surface area contributed by atoms with Gasteiger partial charge >= 0.3 is 0 Å². The summed E-state index contributed by atoms with van der Waals surface area (Å²) in [5.41, 5.74) is 11.6. The molecule has 2 aromatic carbocycles. The Balaban J connectivity index is 2.12. The molecule has 2 aromatic rings. The highest BCUT2D eigenvalue weighted by Crippen LogP contribution is 2.37. The van der Waals surface area contributed by atoms with Crippen molar-refractivity contribution in [1.82, 2.24) is 0 Å². The van der Waals surface area contributed by atoms with Crippen LogP contribution in [0, 0.1) is 11.6 Å². The van der Waals surface area contributed by atoms with Crippen LogP contribution in [0.15, 0.2) is 41.4 Å². The SMILES string of the molecule is NC(N)=NC(=O)c1ccc2c(c1)C(c1cc(Cl)c(F)cc1F)=CCO2. The number of nitrogens with zero attached hydrogens (tertiary/aromatic N) is 1. The number of carbonyl (C=O) groups is 1. The minimum absolute atomic E-state index is 0.0994. The normalized spacial score (nSPS) is 12.7. The Bertz CT molecular complexity index is 938. The fourth-order valence-electron chi connectivity index (χ4n) is 2.49. The van der Waals surface area contributed by atoms with E-state index in [1.54, 1.807) is 12.1 Å². The van der Waals surface area contributed by atoms with Crippen LogP contribution in [0.4, 0.5) is 8.78 Å². The fourth-order valence-corrected chi connectivity index (χ4v) is 2.65. The number of aliphatic imine (C=N–C) groups is 1. The van der Waals surface area contributed by atoms with E-state index in [1.165, 1.54) is 18.2 Å². The smallest absolute Gasteiger partial charge is 0.280 e. The molecule has 1 amide bonds. The van der Waals surface area contributed by atoms with Crippen molar-refractivity contribution in [2.45, 2.75) is 0 Å². The maximum atomic E-state index is 14.2. The van der Waals surface area contributed by atoms with Gasteiger partial charge in [-0.1, -0.05) is 11.6 Å². The Morgan fingerprint density at radius 1 is 1.12 bits per heavy atom. The van der Waals surface area contributed by atoms with E-state index in [0.717, 1.165) is 0 Å². The first kappa shape index (κ1) is 16.9. The molecule has 0 fully saturated rings. The van der Waals surface area contributed by atoms with Crippen LogP contribution in [-0.2, 0) is 0 Å². The van der Waals surface area contributed by atoms with Crippen LogP contribution >= 0.6 is 11.6 Å². The zero-order valence-corrected chi connectivity index (χ0v) is 13.5. The first-order valence-electron chi connectivity index (χ1n) is 7.13. The van der Waals surface area contributed by atoms with E-state index in [9.17, 15) is 13.6 Å². The van der Waals surface area contributed by atoms with Gasteiger partial charge in [0.25, 0.3) is 5.91 Å². The highest BCUT2D eigenvalue weighted by molar-refractivity contribution is 6.31. The predicted octanol–water partition coefficient (Wildman–Crippen LogP) is 2.86. The van der Waals surface area contributed by atoms with E-state index < -0.39 is 17.5 Å². The Kier molecular flexibility index (Phi) is 4.41. The van der Waals surface area contributed by atoms with Gasteiger partial charge < -0.3 is 16.2 Å². The van der Waals surface area contributed by atoms with Crippen molar-refractivity contribution in [3.05, 3.63) is 69.8 Å². The second kappa shape index (κ2) is 6.52. The van der Waals surface area contributed by atoms with E-state index in [0.29, 0.717) is 23.0 Å². The number of ether oxygens (including phenoxy) is 1. The van der Waals surface area contributed by atoms with Crippen molar-refractivity contribution < 1.29 is 18.3 Å².